The van der Waals surface area contributed by atoms with E-state index in [0.717, 1.165) is 0 Å². The van der Waals surface area contributed by atoms with Gasteiger partial charge >= 0.3 is 6.03 Å². The van der Waals surface area contributed by atoms with Crippen molar-refractivity contribution in [1.29, 1.82) is 0 Å². The number of aromatic nitrogens is 2. The van der Waals surface area contributed by atoms with E-state index in [4.69, 9.17) is 0 Å². The fourth-order valence-corrected chi connectivity index (χ4v) is 2.35. The zero-order valence-electron chi connectivity index (χ0n) is 16.2. The van der Waals surface area contributed by atoms with Crippen LogP contribution in [-0.4, -0.2) is 20.3 Å². The van der Waals surface area contributed by atoms with E-state index in [2.05, 4.69) is 15.0 Å². The molecule has 0 fully saturated rings. The minimum atomic E-state index is -0.400. The first kappa shape index (κ1) is 20.5. The SMILES string of the molecule is CC(C)(C)SNC(=O)Nc1nc(=O)c(C(C)(C)C)cn1C(C)(C)C. The molecule has 0 saturated carbocycles. The highest BCUT2D eigenvalue weighted by Crippen LogP contribution is 2.24. The molecule has 0 unspecified atom stereocenters. The Balaban J connectivity index is 3.21. The summed E-state index contributed by atoms with van der Waals surface area (Å²) in [5, 5.41) is 2.69. The summed E-state index contributed by atoms with van der Waals surface area (Å²) in [7, 11) is 0. The molecule has 0 saturated heterocycles. The van der Waals surface area contributed by atoms with Crippen LogP contribution in [0.2, 0.25) is 0 Å². The smallest absolute Gasteiger partial charge is 0.313 e. The van der Waals surface area contributed by atoms with Gasteiger partial charge in [-0.3, -0.25) is 14.8 Å². The van der Waals surface area contributed by atoms with Crippen LogP contribution in [0.5, 0.6) is 0 Å². The highest BCUT2D eigenvalue weighted by molar-refractivity contribution is 7.99. The molecular weight excluding hydrogens is 324 g/mol. The summed E-state index contributed by atoms with van der Waals surface area (Å²) in [5.74, 6) is 0.243. The van der Waals surface area contributed by atoms with Gasteiger partial charge in [-0.25, -0.2) is 4.79 Å². The van der Waals surface area contributed by atoms with Crippen molar-refractivity contribution >= 4 is 23.9 Å². The standard InChI is InChI=1S/C17H30N4O2S/c1-15(2,3)11-10-21(16(4,5)6)13(18-12(11)22)19-14(23)20-24-17(7,8)9/h10H,1-9H3,(H2,18,19,20,22,23). The Hall–Kier alpha value is -1.50. The lowest BCUT2D eigenvalue weighted by Crippen LogP contribution is -2.36. The van der Waals surface area contributed by atoms with Crippen LogP contribution < -0.4 is 15.6 Å². The Morgan fingerprint density at radius 3 is 2.04 bits per heavy atom. The van der Waals surface area contributed by atoms with Crippen molar-refractivity contribution in [3.8, 4) is 0 Å². The summed E-state index contributed by atoms with van der Waals surface area (Å²) in [4.78, 5) is 28.6. The molecule has 24 heavy (non-hydrogen) atoms. The van der Waals surface area contributed by atoms with Gasteiger partial charge in [0, 0.05) is 22.0 Å². The lowest BCUT2D eigenvalue weighted by Gasteiger charge is -2.29. The Morgan fingerprint density at radius 2 is 1.62 bits per heavy atom. The van der Waals surface area contributed by atoms with Gasteiger partial charge in [0.15, 0.2) is 0 Å². The molecule has 1 rings (SSSR count). The molecular formula is C17H30N4O2S. The molecule has 1 aromatic heterocycles. The largest absolute Gasteiger partial charge is 0.331 e. The number of rotatable bonds is 2. The predicted octanol–water partition coefficient (Wildman–Crippen LogP) is 3.86. The summed E-state index contributed by atoms with van der Waals surface area (Å²) < 4.78 is 4.45. The number of hydrogen-bond acceptors (Lipinski definition) is 4. The molecule has 7 heteroatoms. The first-order valence-corrected chi connectivity index (χ1v) is 8.82. The maximum atomic E-state index is 12.4. The molecule has 0 spiro atoms. The minimum Gasteiger partial charge on any atom is -0.313 e. The summed E-state index contributed by atoms with van der Waals surface area (Å²) in [5.41, 5.74) is -0.352. The van der Waals surface area contributed by atoms with Gasteiger partial charge in [-0.1, -0.05) is 20.8 Å². The van der Waals surface area contributed by atoms with Crippen LogP contribution in [0.1, 0.15) is 67.9 Å². The molecule has 6 nitrogen and oxygen atoms in total. The van der Waals surface area contributed by atoms with E-state index in [1.807, 2.05) is 66.9 Å². The lowest BCUT2D eigenvalue weighted by molar-refractivity contribution is 0.256. The van der Waals surface area contributed by atoms with Crippen LogP contribution in [-0.2, 0) is 11.0 Å². The van der Waals surface area contributed by atoms with Gasteiger partial charge < -0.3 is 4.57 Å². The van der Waals surface area contributed by atoms with Crippen molar-refractivity contribution in [2.75, 3.05) is 5.32 Å². The second kappa shape index (κ2) is 6.78. The molecule has 0 aliphatic carbocycles. The number of amides is 2. The van der Waals surface area contributed by atoms with Crippen LogP contribution in [0.3, 0.4) is 0 Å². The number of nitrogens with zero attached hydrogens (tertiary/aromatic N) is 2. The zero-order chi connectivity index (χ0) is 18.9. The fraction of sp³-hybridized carbons (Fsp3) is 0.706. The summed E-state index contributed by atoms with van der Waals surface area (Å²) >= 11 is 1.31. The van der Waals surface area contributed by atoms with Crippen LogP contribution in [0.25, 0.3) is 0 Å². The van der Waals surface area contributed by atoms with Gasteiger partial charge in [-0.15, -0.1) is 0 Å². The number of anilines is 1. The molecule has 0 aliphatic heterocycles. The van der Waals surface area contributed by atoms with Crippen molar-refractivity contribution < 1.29 is 4.79 Å². The van der Waals surface area contributed by atoms with Gasteiger partial charge in [-0.2, -0.15) is 4.98 Å². The fourth-order valence-electron chi connectivity index (χ4n) is 1.90. The van der Waals surface area contributed by atoms with Crippen LogP contribution in [0.4, 0.5) is 10.7 Å². The van der Waals surface area contributed by atoms with Gasteiger partial charge in [0.05, 0.1) is 0 Å². The topological polar surface area (TPSA) is 76.0 Å². The molecule has 0 atom stereocenters. The molecule has 1 aromatic rings. The van der Waals surface area contributed by atoms with Crippen molar-refractivity contribution in [3.63, 3.8) is 0 Å². The first-order chi connectivity index (χ1) is 10.6. The van der Waals surface area contributed by atoms with Crippen LogP contribution in [0.15, 0.2) is 11.0 Å². The molecule has 2 amide bonds. The van der Waals surface area contributed by atoms with Crippen molar-refractivity contribution in [3.05, 3.63) is 22.1 Å². The summed E-state index contributed by atoms with van der Waals surface area (Å²) in [6.07, 6.45) is 1.79. The van der Waals surface area contributed by atoms with Gasteiger partial charge in [-0.05, 0) is 58.9 Å². The molecule has 0 aliphatic rings. The van der Waals surface area contributed by atoms with E-state index in [-0.39, 0.29) is 27.2 Å². The van der Waals surface area contributed by atoms with E-state index in [1.54, 1.807) is 6.20 Å². The second-order valence-electron chi connectivity index (χ2n) is 8.84. The average Bonchev–Trinajstić information content (AvgIpc) is 2.32. The van der Waals surface area contributed by atoms with E-state index in [9.17, 15) is 9.59 Å². The molecule has 1 heterocycles. The maximum absolute atomic E-state index is 12.4. The number of carbonyl (C=O) groups is 1. The van der Waals surface area contributed by atoms with Gasteiger partial charge in [0.25, 0.3) is 5.56 Å². The van der Waals surface area contributed by atoms with Gasteiger partial charge in [0.1, 0.15) is 0 Å². The Morgan fingerprint density at radius 1 is 1.08 bits per heavy atom. The van der Waals surface area contributed by atoms with E-state index >= 15 is 0 Å². The third kappa shape index (κ3) is 5.85. The number of nitrogens with one attached hydrogen (secondary N) is 2. The van der Waals surface area contributed by atoms with E-state index in [1.165, 1.54) is 11.9 Å². The number of urea groups is 1. The molecule has 2 N–H and O–H groups in total. The van der Waals surface area contributed by atoms with Gasteiger partial charge in [0.2, 0.25) is 5.95 Å². The molecule has 0 aromatic carbocycles. The third-order valence-electron chi connectivity index (χ3n) is 3.13. The van der Waals surface area contributed by atoms with E-state index in [0.29, 0.717) is 5.56 Å². The monoisotopic (exact) mass is 354 g/mol. The second-order valence-corrected chi connectivity index (χ2v) is 10.5. The molecule has 0 radical (unpaired) electrons. The Labute approximate surface area is 149 Å². The summed E-state index contributed by atoms with van der Waals surface area (Å²) in [6, 6.07) is -0.400. The quantitative estimate of drug-likeness (QED) is 0.791. The molecule has 136 valence electrons. The molecule has 0 bridgehead atoms. The number of hydrogen-bond donors (Lipinski definition) is 2. The minimum absolute atomic E-state index is 0.107. The van der Waals surface area contributed by atoms with Crippen molar-refractivity contribution in [2.24, 2.45) is 0 Å². The predicted molar refractivity (Wildman–Crippen MR) is 102 cm³/mol. The van der Waals surface area contributed by atoms with E-state index < -0.39 is 6.03 Å². The third-order valence-corrected chi connectivity index (χ3v) is 4.03. The van der Waals surface area contributed by atoms with Crippen LogP contribution >= 0.6 is 11.9 Å². The average molecular weight is 355 g/mol. The highest BCUT2D eigenvalue weighted by Gasteiger charge is 2.25. The van der Waals surface area contributed by atoms with Crippen molar-refractivity contribution in [2.45, 2.75) is 78.0 Å². The van der Waals surface area contributed by atoms with Crippen LogP contribution in [0, 0.1) is 0 Å². The Bertz CT molecular complexity index is 661. The first-order valence-electron chi connectivity index (χ1n) is 8.01. The normalized spacial score (nSPS) is 12.9. The van der Waals surface area contributed by atoms with Crippen molar-refractivity contribution in [1.82, 2.24) is 14.3 Å². The zero-order valence-corrected chi connectivity index (χ0v) is 17.0. The lowest BCUT2D eigenvalue weighted by atomic mass is 9.89. The summed E-state index contributed by atoms with van der Waals surface area (Å²) in [6.45, 7) is 17.9. The Kier molecular flexibility index (Phi) is 5.81. The number of carbonyl (C=O) groups excluding carboxylic acids is 1. The maximum Gasteiger partial charge on any atom is 0.331 e. The highest BCUT2D eigenvalue weighted by atomic mass is 32.2.